The summed E-state index contributed by atoms with van der Waals surface area (Å²) >= 11 is 1.86. The Morgan fingerprint density at radius 1 is 1.75 bits per heavy atom. The number of amides is 1. The molecule has 0 aromatic carbocycles. The molecule has 0 saturated heterocycles. The molecule has 2 rings (SSSR count). The number of carbonyl (C=O) groups excluding carboxylic acids is 1. The number of halogens is 1. The minimum Gasteiger partial charge on any atom is -0.422 e. The lowest BCUT2D eigenvalue weighted by molar-refractivity contribution is 0.0940. The van der Waals surface area contributed by atoms with Gasteiger partial charge in [0.25, 0.3) is 5.91 Å². The maximum absolute atomic E-state index is 11.6. The Kier molecular flexibility index (Phi) is 2.84. The molecule has 2 N–H and O–H groups in total. The Morgan fingerprint density at radius 2 is 2.50 bits per heavy atom. The molecule has 1 aliphatic rings. The van der Waals surface area contributed by atoms with Crippen LogP contribution in [0.5, 0.6) is 0 Å². The van der Waals surface area contributed by atoms with E-state index in [4.69, 9.17) is 10.8 Å². The van der Waals surface area contributed by atoms with Crippen LogP contribution in [-0.4, -0.2) is 32.3 Å². The summed E-state index contributed by atoms with van der Waals surface area (Å²) in [6, 6.07) is 1.54. The Labute approximate surface area is 104 Å². The van der Waals surface area contributed by atoms with Gasteiger partial charge in [-0.15, -0.1) is 6.01 Å². The molecule has 1 aromatic heterocycles. The molecule has 82 valence electrons. The van der Waals surface area contributed by atoms with E-state index in [1.807, 2.05) is 22.9 Å². The normalized spacial score (nSPS) is 13.7. The van der Waals surface area contributed by atoms with Gasteiger partial charge in [0, 0.05) is 12.1 Å². The van der Waals surface area contributed by atoms with Crippen LogP contribution in [0.3, 0.4) is 0 Å². The van der Waals surface area contributed by atoms with E-state index >= 15 is 0 Å². The van der Waals surface area contributed by atoms with Gasteiger partial charge in [-0.25, -0.2) is 0 Å². The zero-order valence-electron chi connectivity index (χ0n) is 7.99. The number of nitrogens with zero attached hydrogens (tertiary/aromatic N) is 4. The van der Waals surface area contributed by atoms with Crippen molar-refractivity contribution in [2.45, 2.75) is 6.42 Å². The summed E-state index contributed by atoms with van der Waals surface area (Å²) in [6.45, 7) is 0.515. The summed E-state index contributed by atoms with van der Waals surface area (Å²) in [6.07, 6.45) is 0.600. The molecule has 7 nitrogen and oxygen atoms in total. The summed E-state index contributed by atoms with van der Waals surface area (Å²) < 4.78 is 1.39. The van der Waals surface area contributed by atoms with E-state index in [-0.39, 0.29) is 11.7 Å². The van der Waals surface area contributed by atoms with Crippen LogP contribution in [0.2, 0.25) is 0 Å². The smallest absolute Gasteiger partial charge is 0.270 e. The van der Waals surface area contributed by atoms with Crippen molar-refractivity contribution in [3.63, 3.8) is 0 Å². The molecule has 0 bridgehead atoms. The number of hydrogen-bond donors (Lipinski definition) is 2. The van der Waals surface area contributed by atoms with Crippen molar-refractivity contribution >= 4 is 40.6 Å². The number of carbonyl (C=O) groups is 1. The Balaban J connectivity index is 2.57. The zero-order chi connectivity index (χ0) is 11.7. The molecule has 1 amide bonds. The number of amidine groups is 1. The van der Waals surface area contributed by atoms with Gasteiger partial charge in [-0.2, -0.15) is 7.99 Å². The largest absolute Gasteiger partial charge is 0.422 e. The molecule has 0 saturated carbocycles. The van der Waals surface area contributed by atoms with E-state index in [9.17, 15) is 4.79 Å². The first-order valence-corrected chi connectivity index (χ1v) is 5.36. The number of nitrogens with one attached hydrogen (secondary N) is 2. The fraction of sp³-hybridized carbons (Fsp3) is 0.250. The standard InChI is InChI=1S/C8H6IN6O/c9-15-6-4(1-2-12-8(6)16)5(14-15)7(11)13-3-10/h11H,1-2H2,(H,12,16)/q-1. The van der Waals surface area contributed by atoms with Gasteiger partial charge in [-0.05, 0) is 6.42 Å². The van der Waals surface area contributed by atoms with Crippen molar-refractivity contribution in [1.29, 1.82) is 5.41 Å². The van der Waals surface area contributed by atoms with E-state index in [1.165, 1.54) is 2.90 Å². The fourth-order valence-corrected chi connectivity index (χ4v) is 2.28. The maximum Gasteiger partial charge on any atom is 0.270 e. The minimum absolute atomic E-state index is 0.205. The highest BCUT2D eigenvalue weighted by molar-refractivity contribution is 14.1. The second-order valence-electron chi connectivity index (χ2n) is 3.10. The van der Waals surface area contributed by atoms with E-state index in [1.54, 1.807) is 6.01 Å². The topological polar surface area (TPSA) is 105 Å². The van der Waals surface area contributed by atoms with Gasteiger partial charge >= 0.3 is 0 Å². The molecule has 8 heteroatoms. The molecule has 0 aliphatic carbocycles. The maximum atomic E-state index is 11.6. The first-order chi connectivity index (χ1) is 7.65. The van der Waals surface area contributed by atoms with Crippen LogP contribution >= 0.6 is 22.9 Å². The zero-order valence-corrected chi connectivity index (χ0v) is 10.1. The molecule has 0 radical (unpaired) electrons. The number of fused-ring (bicyclic) bond motifs is 1. The van der Waals surface area contributed by atoms with Crippen molar-refractivity contribution in [3.8, 4) is 0 Å². The molecule has 0 unspecified atom stereocenters. The average molecular weight is 329 g/mol. The predicted octanol–water partition coefficient (Wildman–Crippen LogP) is 0.436. The molecule has 2 heterocycles. The number of hydrogen-bond acceptors (Lipinski definition) is 3. The summed E-state index contributed by atoms with van der Waals surface area (Å²) in [5.74, 6) is -0.414. The highest BCUT2D eigenvalue weighted by atomic mass is 127. The van der Waals surface area contributed by atoms with Crippen LogP contribution in [0.25, 0.3) is 5.41 Å². The summed E-state index contributed by atoms with van der Waals surface area (Å²) in [4.78, 5) is 14.9. The fourth-order valence-electron chi connectivity index (χ4n) is 1.56. The third-order valence-corrected chi connectivity index (χ3v) is 2.90. The summed E-state index contributed by atoms with van der Waals surface area (Å²) in [5, 5.41) is 22.7. The Hall–Kier alpha value is -1.54. The third kappa shape index (κ3) is 1.65. The van der Waals surface area contributed by atoms with E-state index < -0.39 is 0 Å². The molecule has 0 atom stereocenters. The van der Waals surface area contributed by atoms with Crippen LogP contribution < -0.4 is 5.32 Å². The van der Waals surface area contributed by atoms with Gasteiger partial charge in [0.1, 0.15) is 11.4 Å². The molecule has 1 aliphatic heterocycles. The second-order valence-corrected chi connectivity index (χ2v) is 4.02. The van der Waals surface area contributed by atoms with Crippen LogP contribution in [0.4, 0.5) is 0 Å². The van der Waals surface area contributed by atoms with Gasteiger partial charge in [0.15, 0.2) is 0 Å². The third-order valence-electron chi connectivity index (χ3n) is 2.21. The number of aromatic nitrogens is 2. The average Bonchev–Trinajstić information content (AvgIpc) is 2.58. The van der Waals surface area contributed by atoms with Crippen molar-refractivity contribution in [1.82, 2.24) is 13.3 Å². The summed E-state index contributed by atoms with van der Waals surface area (Å²) in [7, 11) is 0. The van der Waals surface area contributed by atoms with Gasteiger partial charge in [0.2, 0.25) is 0 Å². The van der Waals surface area contributed by atoms with Crippen molar-refractivity contribution in [2.75, 3.05) is 6.54 Å². The number of aliphatic imine (C=N–C) groups is 1. The monoisotopic (exact) mass is 329 g/mol. The van der Waals surface area contributed by atoms with Crippen molar-refractivity contribution < 1.29 is 4.79 Å². The molecular formula is C8H6IN6O-. The van der Waals surface area contributed by atoms with Crippen molar-refractivity contribution in [3.05, 3.63) is 22.4 Å². The lowest BCUT2D eigenvalue weighted by Gasteiger charge is -2.13. The van der Waals surface area contributed by atoms with Gasteiger partial charge < -0.3 is 21.1 Å². The first-order valence-electron chi connectivity index (χ1n) is 4.40. The van der Waals surface area contributed by atoms with E-state index in [2.05, 4.69) is 15.4 Å². The lowest BCUT2D eigenvalue weighted by atomic mass is 10.1. The van der Waals surface area contributed by atoms with Crippen LogP contribution in [-0.2, 0) is 6.42 Å². The SMILES string of the molecule is [N-]=C=NC(=N)c1nn(I)c2c1CCNC2=O. The highest BCUT2D eigenvalue weighted by Gasteiger charge is 2.26. The van der Waals surface area contributed by atoms with Gasteiger partial charge in [-0.1, -0.05) is 0 Å². The quantitative estimate of drug-likeness (QED) is 0.443. The van der Waals surface area contributed by atoms with Gasteiger partial charge in [0.05, 0.1) is 28.7 Å². The second kappa shape index (κ2) is 4.14. The Bertz CT molecular complexity index is 527. The summed E-state index contributed by atoms with van der Waals surface area (Å²) in [5.41, 5.74) is 1.42. The molecule has 0 spiro atoms. The van der Waals surface area contributed by atoms with E-state index in [0.717, 1.165) is 0 Å². The first kappa shape index (κ1) is 11.0. The van der Waals surface area contributed by atoms with E-state index in [0.29, 0.717) is 29.9 Å². The van der Waals surface area contributed by atoms with Crippen LogP contribution in [0.15, 0.2) is 4.99 Å². The van der Waals surface area contributed by atoms with Crippen LogP contribution in [0, 0.1) is 5.41 Å². The molecule has 16 heavy (non-hydrogen) atoms. The highest BCUT2D eigenvalue weighted by Crippen LogP contribution is 2.20. The predicted molar refractivity (Wildman–Crippen MR) is 65.3 cm³/mol. The Morgan fingerprint density at radius 3 is 3.19 bits per heavy atom. The minimum atomic E-state index is -0.209. The lowest BCUT2D eigenvalue weighted by Crippen LogP contribution is -2.32. The van der Waals surface area contributed by atoms with Gasteiger partial charge in [-0.3, -0.25) is 4.79 Å². The number of rotatable bonds is 1. The molecule has 1 aromatic rings. The molecular weight excluding hydrogens is 323 g/mol. The van der Waals surface area contributed by atoms with Crippen molar-refractivity contribution in [2.24, 2.45) is 4.99 Å². The van der Waals surface area contributed by atoms with Crippen LogP contribution in [0.1, 0.15) is 21.7 Å². The molecule has 0 fully saturated rings.